The fourth-order valence-corrected chi connectivity index (χ4v) is 6.11. The first-order chi connectivity index (χ1) is 18.6. The van der Waals surface area contributed by atoms with Crippen LogP contribution >= 0.6 is 0 Å². The van der Waals surface area contributed by atoms with Gasteiger partial charge in [-0.3, -0.25) is 9.59 Å². The highest BCUT2D eigenvalue weighted by Gasteiger charge is 2.56. The summed E-state index contributed by atoms with van der Waals surface area (Å²) in [6, 6.07) is 20.3. The van der Waals surface area contributed by atoms with Gasteiger partial charge in [-0.1, -0.05) is 48.5 Å². The lowest BCUT2D eigenvalue weighted by Crippen LogP contribution is -2.67. The van der Waals surface area contributed by atoms with Crippen LogP contribution in [0.15, 0.2) is 72.8 Å². The Morgan fingerprint density at radius 3 is 2.54 bits per heavy atom. The summed E-state index contributed by atoms with van der Waals surface area (Å²) in [4.78, 5) is 34.2. The van der Waals surface area contributed by atoms with Gasteiger partial charge >= 0.3 is 6.18 Å². The van der Waals surface area contributed by atoms with Crippen molar-refractivity contribution >= 4 is 22.7 Å². The van der Waals surface area contributed by atoms with E-state index >= 15 is 0 Å². The molecule has 1 fully saturated rings. The molecule has 6 rings (SSSR count). The third kappa shape index (κ3) is 3.87. The van der Waals surface area contributed by atoms with Crippen molar-refractivity contribution in [1.29, 1.82) is 0 Å². The van der Waals surface area contributed by atoms with Gasteiger partial charge in [0.2, 0.25) is 5.91 Å². The number of fused-ring (bicyclic) bond motifs is 5. The summed E-state index contributed by atoms with van der Waals surface area (Å²) < 4.78 is 45.6. The lowest BCUT2D eigenvalue weighted by Gasteiger charge is -2.51. The van der Waals surface area contributed by atoms with Crippen LogP contribution in [-0.4, -0.2) is 46.8 Å². The number of rotatable bonds is 4. The van der Waals surface area contributed by atoms with Gasteiger partial charge in [0.15, 0.2) is 5.54 Å². The van der Waals surface area contributed by atoms with E-state index in [1.54, 1.807) is 18.9 Å². The van der Waals surface area contributed by atoms with E-state index in [-0.39, 0.29) is 37.4 Å². The maximum absolute atomic E-state index is 14.2. The Kier molecular flexibility index (Phi) is 5.71. The number of nitrogens with zero attached hydrogens (tertiary/aromatic N) is 2. The van der Waals surface area contributed by atoms with E-state index in [0.29, 0.717) is 17.0 Å². The van der Waals surface area contributed by atoms with Crippen molar-refractivity contribution < 1.29 is 27.5 Å². The highest BCUT2D eigenvalue weighted by molar-refractivity contribution is 6.01. The molecule has 0 radical (unpaired) electrons. The average Bonchev–Trinajstić information content (AvgIpc) is 3.32. The van der Waals surface area contributed by atoms with E-state index < -0.39 is 17.3 Å². The number of nitrogens with one attached hydrogen (secondary N) is 1. The molecule has 1 aromatic heterocycles. The number of piperazine rings is 1. The second kappa shape index (κ2) is 8.90. The molecule has 9 heteroatoms. The van der Waals surface area contributed by atoms with Crippen molar-refractivity contribution in [2.45, 2.75) is 31.1 Å². The Morgan fingerprint density at radius 2 is 1.77 bits per heavy atom. The molecular weight excluding hydrogens is 507 g/mol. The van der Waals surface area contributed by atoms with E-state index in [1.165, 1.54) is 17.0 Å². The number of benzene rings is 3. The molecule has 39 heavy (non-hydrogen) atoms. The summed E-state index contributed by atoms with van der Waals surface area (Å²) in [6.45, 7) is 1.65. The zero-order valence-electron chi connectivity index (χ0n) is 21.4. The summed E-state index contributed by atoms with van der Waals surface area (Å²) in [5, 5.41) is 0.944. The number of alkyl halides is 3. The SMILES string of the molecule is COc1ccccc1C1CN2C(=O)CN(Cc3cccc(C(F)(F)F)c3)C(=O)[C@]2(C)c2[nH]c3ccccc3c21. The zero-order chi connectivity index (χ0) is 27.5. The minimum atomic E-state index is -4.50. The molecule has 1 saturated heterocycles. The van der Waals surface area contributed by atoms with Gasteiger partial charge in [0.1, 0.15) is 12.3 Å². The van der Waals surface area contributed by atoms with Gasteiger partial charge in [-0.05, 0) is 42.3 Å². The second-order valence-corrected chi connectivity index (χ2v) is 10.2. The molecule has 1 N–H and O–H groups in total. The smallest absolute Gasteiger partial charge is 0.416 e. The number of H-pyrrole nitrogens is 1. The first kappa shape index (κ1) is 25.0. The van der Waals surface area contributed by atoms with Gasteiger partial charge in [0, 0.05) is 35.5 Å². The Labute approximate surface area is 223 Å². The minimum Gasteiger partial charge on any atom is -0.496 e. The molecule has 2 aliphatic rings. The lowest BCUT2D eigenvalue weighted by molar-refractivity contribution is -0.167. The molecule has 4 aromatic rings. The highest BCUT2D eigenvalue weighted by atomic mass is 19.4. The Morgan fingerprint density at radius 1 is 1.03 bits per heavy atom. The van der Waals surface area contributed by atoms with Crippen molar-refractivity contribution in [2.24, 2.45) is 0 Å². The molecule has 2 aliphatic heterocycles. The van der Waals surface area contributed by atoms with Gasteiger partial charge < -0.3 is 19.5 Å². The summed E-state index contributed by atoms with van der Waals surface area (Å²) in [7, 11) is 1.60. The number of carbonyl (C=O) groups is 2. The third-order valence-electron chi connectivity index (χ3n) is 7.96. The summed E-state index contributed by atoms with van der Waals surface area (Å²) in [5.74, 6) is -0.185. The lowest BCUT2D eigenvalue weighted by atomic mass is 9.76. The van der Waals surface area contributed by atoms with Crippen LogP contribution in [-0.2, 0) is 27.8 Å². The van der Waals surface area contributed by atoms with Crippen LogP contribution in [0, 0.1) is 0 Å². The largest absolute Gasteiger partial charge is 0.496 e. The van der Waals surface area contributed by atoms with Gasteiger partial charge in [0.25, 0.3) is 5.91 Å². The maximum Gasteiger partial charge on any atom is 0.416 e. The number of hydrogen-bond donors (Lipinski definition) is 1. The average molecular weight is 534 g/mol. The van der Waals surface area contributed by atoms with Gasteiger partial charge in [-0.15, -0.1) is 0 Å². The van der Waals surface area contributed by atoms with Crippen LogP contribution in [0.1, 0.15) is 40.8 Å². The van der Waals surface area contributed by atoms with Gasteiger partial charge in [-0.2, -0.15) is 13.2 Å². The standard InChI is InChI=1S/C30H26F3N3O3/c1-29-27-26(21-11-3-5-12-23(21)34-27)22(20-10-4-6-13-24(20)39-2)16-36(29)25(37)17-35(28(29)38)15-18-8-7-9-19(14-18)30(31,32)33/h3-14,22,34H,15-17H2,1-2H3/t22?,29-/m0/s1. The number of methoxy groups -OCH3 is 1. The molecule has 1 unspecified atom stereocenters. The molecule has 6 nitrogen and oxygen atoms in total. The Bertz CT molecular complexity index is 1610. The molecular formula is C30H26F3N3O3. The summed E-state index contributed by atoms with van der Waals surface area (Å²) >= 11 is 0. The molecule has 2 amide bonds. The molecule has 0 saturated carbocycles. The van der Waals surface area contributed by atoms with E-state index in [9.17, 15) is 22.8 Å². The topological polar surface area (TPSA) is 65.6 Å². The molecule has 2 atom stereocenters. The quantitative estimate of drug-likeness (QED) is 0.381. The summed E-state index contributed by atoms with van der Waals surface area (Å²) in [6.07, 6.45) is -4.50. The number of ether oxygens (including phenoxy) is 1. The number of halogens is 3. The van der Waals surface area contributed by atoms with Crippen LogP contribution in [0.4, 0.5) is 13.2 Å². The normalized spacial score (nSPS) is 21.2. The van der Waals surface area contributed by atoms with Gasteiger partial charge in [0.05, 0.1) is 18.4 Å². The number of aromatic amines is 1. The zero-order valence-corrected chi connectivity index (χ0v) is 21.4. The molecule has 3 heterocycles. The van der Waals surface area contributed by atoms with Crippen molar-refractivity contribution in [2.75, 3.05) is 20.2 Å². The number of para-hydroxylation sites is 2. The number of amides is 2. The van der Waals surface area contributed by atoms with Crippen LogP contribution in [0.5, 0.6) is 5.75 Å². The molecule has 0 bridgehead atoms. The Hall–Kier alpha value is -4.27. The molecule has 200 valence electrons. The summed E-state index contributed by atoms with van der Waals surface area (Å²) in [5.41, 5.74) is 1.42. The van der Waals surface area contributed by atoms with E-state index in [1.807, 2.05) is 48.5 Å². The number of hydrogen-bond acceptors (Lipinski definition) is 3. The molecule has 0 aliphatic carbocycles. The first-order valence-corrected chi connectivity index (χ1v) is 12.6. The second-order valence-electron chi connectivity index (χ2n) is 10.2. The Balaban J connectivity index is 1.47. The molecule has 0 spiro atoms. The number of aromatic nitrogens is 1. The van der Waals surface area contributed by atoms with E-state index in [4.69, 9.17) is 4.74 Å². The van der Waals surface area contributed by atoms with E-state index in [2.05, 4.69) is 4.98 Å². The van der Waals surface area contributed by atoms with E-state index in [0.717, 1.165) is 34.2 Å². The van der Waals surface area contributed by atoms with Crippen LogP contribution in [0.3, 0.4) is 0 Å². The van der Waals surface area contributed by atoms with Crippen molar-refractivity contribution in [3.8, 4) is 5.75 Å². The minimum absolute atomic E-state index is 0.108. The first-order valence-electron chi connectivity index (χ1n) is 12.6. The van der Waals surface area contributed by atoms with Crippen molar-refractivity contribution in [3.63, 3.8) is 0 Å². The fraction of sp³-hybridized carbons (Fsp3) is 0.267. The molecule has 3 aromatic carbocycles. The monoisotopic (exact) mass is 533 g/mol. The number of carbonyl (C=O) groups excluding carboxylic acids is 2. The maximum atomic E-state index is 14.2. The predicted molar refractivity (Wildman–Crippen MR) is 139 cm³/mol. The fourth-order valence-electron chi connectivity index (χ4n) is 6.11. The predicted octanol–water partition coefficient (Wildman–Crippen LogP) is 5.43. The van der Waals surface area contributed by atoms with Gasteiger partial charge in [-0.25, -0.2) is 0 Å². The van der Waals surface area contributed by atoms with Crippen molar-refractivity contribution in [1.82, 2.24) is 14.8 Å². The van der Waals surface area contributed by atoms with Crippen LogP contribution in [0.25, 0.3) is 10.9 Å². The highest BCUT2D eigenvalue weighted by Crippen LogP contribution is 2.49. The van der Waals surface area contributed by atoms with Crippen LogP contribution < -0.4 is 4.74 Å². The third-order valence-corrected chi connectivity index (χ3v) is 7.96. The van der Waals surface area contributed by atoms with Crippen molar-refractivity contribution in [3.05, 3.63) is 101 Å². The van der Waals surface area contributed by atoms with Crippen LogP contribution in [0.2, 0.25) is 0 Å².